The van der Waals surface area contributed by atoms with Crippen LogP contribution in [0.2, 0.25) is 0 Å². The van der Waals surface area contributed by atoms with Crippen molar-refractivity contribution in [2.75, 3.05) is 0 Å². The minimum atomic E-state index is -0.0940. The number of aryl methyl sites for hydroxylation is 1. The molecule has 3 rings (SSSR count). The molecular formula is C17H24FN. The zero-order valence-corrected chi connectivity index (χ0v) is 11.8. The summed E-state index contributed by atoms with van der Waals surface area (Å²) >= 11 is 0. The van der Waals surface area contributed by atoms with E-state index in [2.05, 4.69) is 12.2 Å². The summed E-state index contributed by atoms with van der Waals surface area (Å²) in [4.78, 5) is 0. The SMILES string of the molecule is CCC1CCCCC1NC1CCc2cc(F)ccc21. The van der Waals surface area contributed by atoms with E-state index in [9.17, 15) is 4.39 Å². The third-order valence-electron chi connectivity index (χ3n) is 5.03. The zero-order valence-electron chi connectivity index (χ0n) is 11.8. The Labute approximate surface area is 115 Å². The molecule has 0 spiro atoms. The average molecular weight is 261 g/mol. The third kappa shape index (κ3) is 2.69. The molecule has 19 heavy (non-hydrogen) atoms. The second kappa shape index (κ2) is 5.62. The van der Waals surface area contributed by atoms with Crippen LogP contribution in [0.1, 0.15) is 62.6 Å². The first-order valence-corrected chi connectivity index (χ1v) is 7.82. The van der Waals surface area contributed by atoms with Crippen molar-refractivity contribution >= 4 is 0 Å². The first-order valence-electron chi connectivity index (χ1n) is 7.82. The summed E-state index contributed by atoms with van der Waals surface area (Å²) < 4.78 is 13.2. The standard InChI is InChI=1S/C17H24FN/c1-2-12-5-3-4-6-16(12)19-17-10-7-13-11-14(18)8-9-15(13)17/h8-9,11-12,16-17,19H,2-7,10H2,1H3. The Bertz CT molecular complexity index is 443. The van der Waals surface area contributed by atoms with E-state index in [0.29, 0.717) is 12.1 Å². The lowest BCUT2D eigenvalue weighted by atomic mass is 9.82. The summed E-state index contributed by atoms with van der Waals surface area (Å²) in [6.45, 7) is 2.31. The molecule has 2 heteroatoms. The van der Waals surface area contributed by atoms with Gasteiger partial charge in [-0.3, -0.25) is 0 Å². The quantitative estimate of drug-likeness (QED) is 0.852. The highest BCUT2D eigenvalue weighted by Crippen LogP contribution is 2.35. The molecule has 1 nitrogen and oxygen atoms in total. The number of rotatable bonds is 3. The van der Waals surface area contributed by atoms with Crippen molar-refractivity contribution in [1.82, 2.24) is 5.32 Å². The Hall–Kier alpha value is -0.890. The second-order valence-electron chi connectivity index (χ2n) is 6.16. The number of fused-ring (bicyclic) bond motifs is 1. The molecule has 1 fully saturated rings. The molecule has 0 radical (unpaired) electrons. The second-order valence-corrected chi connectivity index (χ2v) is 6.16. The van der Waals surface area contributed by atoms with Gasteiger partial charge in [0.25, 0.3) is 0 Å². The maximum absolute atomic E-state index is 13.2. The van der Waals surface area contributed by atoms with Crippen LogP contribution in [0.25, 0.3) is 0 Å². The fourth-order valence-electron chi connectivity index (χ4n) is 3.93. The van der Waals surface area contributed by atoms with Crippen molar-refractivity contribution in [3.05, 3.63) is 35.1 Å². The Morgan fingerprint density at radius 3 is 2.89 bits per heavy atom. The van der Waals surface area contributed by atoms with E-state index in [-0.39, 0.29) is 5.82 Å². The van der Waals surface area contributed by atoms with Gasteiger partial charge in [-0.25, -0.2) is 4.39 Å². The van der Waals surface area contributed by atoms with Crippen LogP contribution >= 0.6 is 0 Å². The van der Waals surface area contributed by atoms with Gasteiger partial charge in [-0.1, -0.05) is 32.3 Å². The summed E-state index contributed by atoms with van der Waals surface area (Å²) in [6, 6.07) is 6.43. The maximum Gasteiger partial charge on any atom is 0.123 e. The number of hydrogen-bond donors (Lipinski definition) is 1. The summed E-state index contributed by atoms with van der Waals surface area (Å²) in [5.74, 6) is 0.738. The molecule has 104 valence electrons. The Kier molecular flexibility index (Phi) is 3.88. The lowest BCUT2D eigenvalue weighted by Crippen LogP contribution is -2.39. The summed E-state index contributed by atoms with van der Waals surface area (Å²) in [5, 5.41) is 3.87. The maximum atomic E-state index is 13.2. The highest BCUT2D eigenvalue weighted by molar-refractivity contribution is 5.35. The summed E-state index contributed by atoms with van der Waals surface area (Å²) in [7, 11) is 0. The monoisotopic (exact) mass is 261 g/mol. The molecule has 3 unspecified atom stereocenters. The molecule has 0 heterocycles. The largest absolute Gasteiger partial charge is 0.307 e. The van der Waals surface area contributed by atoms with Gasteiger partial charge in [0.05, 0.1) is 0 Å². The van der Waals surface area contributed by atoms with E-state index in [4.69, 9.17) is 0 Å². The lowest BCUT2D eigenvalue weighted by Gasteiger charge is -2.34. The molecule has 2 aliphatic rings. The van der Waals surface area contributed by atoms with E-state index in [1.54, 1.807) is 12.1 Å². The van der Waals surface area contributed by atoms with Crippen molar-refractivity contribution < 1.29 is 4.39 Å². The fourth-order valence-corrected chi connectivity index (χ4v) is 3.93. The van der Waals surface area contributed by atoms with Gasteiger partial charge in [-0.15, -0.1) is 0 Å². The molecule has 0 saturated heterocycles. The van der Waals surface area contributed by atoms with Gasteiger partial charge in [-0.05, 0) is 54.9 Å². The third-order valence-corrected chi connectivity index (χ3v) is 5.03. The summed E-state index contributed by atoms with van der Waals surface area (Å²) in [5.41, 5.74) is 2.54. The number of benzene rings is 1. The van der Waals surface area contributed by atoms with E-state index in [1.165, 1.54) is 43.2 Å². The van der Waals surface area contributed by atoms with E-state index >= 15 is 0 Å². The molecule has 0 aromatic heterocycles. The van der Waals surface area contributed by atoms with Crippen LogP contribution in [-0.2, 0) is 6.42 Å². The highest BCUT2D eigenvalue weighted by Gasteiger charge is 2.29. The van der Waals surface area contributed by atoms with Crippen LogP contribution in [0, 0.1) is 11.7 Å². The fraction of sp³-hybridized carbons (Fsp3) is 0.647. The van der Waals surface area contributed by atoms with Gasteiger partial charge in [0.2, 0.25) is 0 Å². The Morgan fingerprint density at radius 1 is 1.21 bits per heavy atom. The molecule has 3 atom stereocenters. The number of nitrogens with one attached hydrogen (secondary N) is 1. The first-order chi connectivity index (χ1) is 9.28. The summed E-state index contributed by atoms with van der Waals surface area (Å²) in [6.07, 6.45) is 8.86. The van der Waals surface area contributed by atoms with Crippen LogP contribution in [0.15, 0.2) is 18.2 Å². The normalized spacial score (nSPS) is 30.3. The van der Waals surface area contributed by atoms with Crippen molar-refractivity contribution in [3.8, 4) is 0 Å². The number of halogens is 1. The van der Waals surface area contributed by atoms with Crippen LogP contribution in [0.4, 0.5) is 4.39 Å². The topological polar surface area (TPSA) is 12.0 Å². The van der Waals surface area contributed by atoms with Crippen molar-refractivity contribution in [2.24, 2.45) is 5.92 Å². The molecular weight excluding hydrogens is 237 g/mol. The van der Waals surface area contributed by atoms with Gasteiger partial charge >= 0.3 is 0 Å². The lowest BCUT2D eigenvalue weighted by molar-refractivity contribution is 0.236. The first kappa shape index (κ1) is 13.1. The van der Waals surface area contributed by atoms with Crippen molar-refractivity contribution in [1.29, 1.82) is 0 Å². The van der Waals surface area contributed by atoms with E-state index in [1.807, 2.05) is 6.07 Å². The van der Waals surface area contributed by atoms with Gasteiger partial charge < -0.3 is 5.32 Å². The van der Waals surface area contributed by atoms with Crippen LogP contribution < -0.4 is 5.32 Å². The van der Waals surface area contributed by atoms with Crippen molar-refractivity contribution in [3.63, 3.8) is 0 Å². The van der Waals surface area contributed by atoms with Gasteiger partial charge in [0.1, 0.15) is 5.82 Å². The molecule has 1 aromatic carbocycles. The average Bonchev–Trinajstić information content (AvgIpc) is 2.82. The zero-order chi connectivity index (χ0) is 13.2. The molecule has 0 aliphatic heterocycles. The van der Waals surface area contributed by atoms with Gasteiger partial charge in [-0.2, -0.15) is 0 Å². The molecule has 1 aromatic rings. The van der Waals surface area contributed by atoms with E-state index < -0.39 is 0 Å². The molecule has 0 amide bonds. The van der Waals surface area contributed by atoms with Gasteiger partial charge in [0.15, 0.2) is 0 Å². The van der Waals surface area contributed by atoms with Crippen LogP contribution in [0.3, 0.4) is 0 Å². The highest BCUT2D eigenvalue weighted by atomic mass is 19.1. The predicted molar refractivity (Wildman–Crippen MR) is 76.6 cm³/mol. The minimum absolute atomic E-state index is 0.0940. The van der Waals surface area contributed by atoms with Crippen LogP contribution in [-0.4, -0.2) is 6.04 Å². The van der Waals surface area contributed by atoms with Crippen LogP contribution in [0.5, 0.6) is 0 Å². The molecule has 1 saturated carbocycles. The van der Waals surface area contributed by atoms with Gasteiger partial charge in [0, 0.05) is 12.1 Å². The molecule has 2 aliphatic carbocycles. The Morgan fingerprint density at radius 2 is 2.05 bits per heavy atom. The van der Waals surface area contributed by atoms with E-state index in [0.717, 1.165) is 18.8 Å². The predicted octanol–water partition coefficient (Wildman–Crippen LogP) is 4.37. The van der Waals surface area contributed by atoms with Crippen molar-refractivity contribution in [2.45, 2.75) is 64.0 Å². The smallest absolute Gasteiger partial charge is 0.123 e. The number of hydrogen-bond acceptors (Lipinski definition) is 1. The molecule has 0 bridgehead atoms. The minimum Gasteiger partial charge on any atom is -0.307 e. The Balaban J connectivity index is 1.71. The molecule has 1 N–H and O–H groups in total.